The van der Waals surface area contributed by atoms with Crippen LogP contribution in [0.5, 0.6) is 0 Å². The van der Waals surface area contributed by atoms with Crippen molar-refractivity contribution in [1.82, 2.24) is 15.0 Å². The summed E-state index contributed by atoms with van der Waals surface area (Å²) in [5.74, 6) is 0.899. The summed E-state index contributed by atoms with van der Waals surface area (Å²) < 4.78 is 1.21. The third-order valence-corrected chi connectivity index (χ3v) is 2.05. The molecule has 0 saturated heterocycles. The zero-order valence-corrected chi connectivity index (χ0v) is 8.97. The van der Waals surface area contributed by atoms with E-state index in [-0.39, 0.29) is 0 Å². The first-order valence-corrected chi connectivity index (χ1v) is 4.75. The van der Waals surface area contributed by atoms with Gasteiger partial charge in [-0.2, -0.15) is 0 Å². The lowest BCUT2D eigenvalue weighted by molar-refractivity contribution is 0.368. The summed E-state index contributed by atoms with van der Waals surface area (Å²) in [6.07, 6.45) is 1.98. The highest BCUT2D eigenvalue weighted by Gasteiger charge is 2.12. The number of nitrogens with zero attached hydrogens (tertiary/aromatic N) is 3. The lowest BCUT2D eigenvalue weighted by Gasteiger charge is -2.26. The van der Waals surface area contributed by atoms with Crippen molar-refractivity contribution in [1.29, 1.82) is 0 Å². The number of amidine groups is 1. The van der Waals surface area contributed by atoms with E-state index in [1.165, 1.54) is 4.64 Å². The zero-order chi connectivity index (χ0) is 9.84. The maximum Gasteiger partial charge on any atom is 0.153 e. The van der Waals surface area contributed by atoms with Crippen LogP contribution in [0.15, 0.2) is 16.9 Å². The molecule has 4 nitrogen and oxygen atoms in total. The summed E-state index contributed by atoms with van der Waals surface area (Å²) in [5.41, 5.74) is 3.85. The second-order valence-electron chi connectivity index (χ2n) is 2.83. The fourth-order valence-corrected chi connectivity index (χ4v) is 1.43. The third kappa shape index (κ3) is 2.52. The van der Waals surface area contributed by atoms with Crippen LogP contribution in [0.3, 0.4) is 0 Å². The van der Waals surface area contributed by atoms with Crippen LogP contribution < -0.4 is 5.43 Å². The van der Waals surface area contributed by atoms with Crippen molar-refractivity contribution >= 4 is 17.6 Å². The van der Waals surface area contributed by atoms with Gasteiger partial charge in [0.1, 0.15) is 0 Å². The predicted molar refractivity (Wildman–Crippen MR) is 54.9 cm³/mol. The lowest BCUT2D eigenvalue weighted by atomic mass is 10.3. The van der Waals surface area contributed by atoms with Gasteiger partial charge in [0.2, 0.25) is 0 Å². The van der Waals surface area contributed by atoms with E-state index < -0.39 is 0 Å². The smallest absolute Gasteiger partial charge is 0.153 e. The predicted octanol–water partition coefficient (Wildman–Crippen LogP) is 1.52. The van der Waals surface area contributed by atoms with E-state index in [2.05, 4.69) is 29.3 Å². The SMILES string of the molecule is CCN(CC)C1=NN(Cl)NC(C)=C1. The van der Waals surface area contributed by atoms with Gasteiger partial charge in [-0.05, 0) is 20.8 Å². The second-order valence-corrected chi connectivity index (χ2v) is 3.15. The average Bonchev–Trinajstić information content (AvgIpc) is 2.04. The first kappa shape index (κ1) is 10.2. The topological polar surface area (TPSA) is 30.9 Å². The molecule has 0 aromatic rings. The molecule has 0 radical (unpaired) electrons. The van der Waals surface area contributed by atoms with Gasteiger partial charge >= 0.3 is 0 Å². The van der Waals surface area contributed by atoms with Crippen LogP contribution in [0.2, 0.25) is 0 Å². The molecular weight excluding hydrogens is 188 g/mol. The minimum absolute atomic E-state index is 0.899. The molecule has 1 N–H and O–H groups in total. The quantitative estimate of drug-likeness (QED) is 0.689. The van der Waals surface area contributed by atoms with Crippen molar-refractivity contribution < 1.29 is 0 Å². The Labute approximate surface area is 83.9 Å². The summed E-state index contributed by atoms with van der Waals surface area (Å²) in [7, 11) is 0. The molecule has 1 aliphatic rings. The Balaban J connectivity index is 2.77. The van der Waals surface area contributed by atoms with E-state index in [4.69, 9.17) is 11.8 Å². The lowest BCUT2D eigenvalue weighted by Crippen LogP contribution is -2.37. The highest BCUT2D eigenvalue weighted by Crippen LogP contribution is 2.06. The van der Waals surface area contributed by atoms with Crippen molar-refractivity contribution in [2.24, 2.45) is 5.10 Å². The molecule has 0 spiro atoms. The Morgan fingerprint density at radius 3 is 2.62 bits per heavy atom. The largest absolute Gasteiger partial charge is 0.356 e. The molecule has 5 heteroatoms. The number of rotatable bonds is 2. The van der Waals surface area contributed by atoms with E-state index in [1.54, 1.807) is 0 Å². The summed E-state index contributed by atoms with van der Waals surface area (Å²) in [6, 6.07) is 0. The maximum absolute atomic E-state index is 5.73. The molecule has 0 aromatic carbocycles. The standard InChI is InChI=1S/C8H15ClN4/c1-4-12(5-2)8-6-7(3)10-13(9)11-8/h6,10H,4-5H2,1-3H3. The van der Waals surface area contributed by atoms with Crippen LogP contribution in [0.1, 0.15) is 20.8 Å². The highest BCUT2D eigenvalue weighted by atomic mass is 35.5. The highest BCUT2D eigenvalue weighted by molar-refractivity contribution is 6.14. The molecule has 1 heterocycles. The first-order valence-electron chi connectivity index (χ1n) is 4.41. The van der Waals surface area contributed by atoms with Gasteiger partial charge < -0.3 is 4.90 Å². The molecule has 0 aliphatic carbocycles. The average molecular weight is 203 g/mol. The van der Waals surface area contributed by atoms with Crippen LogP contribution in [-0.2, 0) is 0 Å². The Bertz CT molecular complexity index is 232. The number of hydrogen-bond donors (Lipinski definition) is 1. The van der Waals surface area contributed by atoms with Crippen LogP contribution in [0, 0.1) is 0 Å². The Kier molecular flexibility index (Phi) is 3.42. The number of hydrogen-bond acceptors (Lipinski definition) is 4. The summed E-state index contributed by atoms with van der Waals surface area (Å²) in [4.78, 5) is 2.14. The first-order chi connectivity index (χ1) is 6.17. The summed E-state index contributed by atoms with van der Waals surface area (Å²) in [5, 5.41) is 4.13. The van der Waals surface area contributed by atoms with Gasteiger partial charge in [-0.1, -0.05) is 0 Å². The van der Waals surface area contributed by atoms with E-state index in [1.807, 2.05) is 13.0 Å². The van der Waals surface area contributed by atoms with Crippen LogP contribution in [0.25, 0.3) is 0 Å². The van der Waals surface area contributed by atoms with Gasteiger partial charge in [0, 0.05) is 24.9 Å². The fraction of sp³-hybridized carbons (Fsp3) is 0.625. The molecule has 0 bridgehead atoms. The zero-order valence-electron chi connectivity index (χ0n) is 8.21. The van der Waals surface area contributed by atoms with Crippen LogP contribution >= 0.6 is 11.8 Å². The molecule has 0 aromatic heterocycles. The van der Waals surface area contributed by atoms with Crippen LogP contribution in [0.4, 0.5) is 0 Å². The molecule has 13 heavy (non-hydrogen) atoms. The molecule has 0 fully saturated rings. The number of nitrogens with one attached hydrogen (secondary N) is 1. The van der Waals surface area contributed by atoms with Gasteiger partial charge in [0.25, 0.3) is 0 Å². The normalized spacial score (nSPS) is 16.2. The molecule has 0 atom stereocenters. The minimum Gasteiger partial charge on any atom is -0.356 e. The van der Waals surface area contributed by atoms with Crippen molar-refractivity contribution in [2.75, 3.05) is 13.1 Å². The molecule has 1 rings (SSSR count). The molecular formula is C8H15ClN4. The monoisotopic (exact) mass is 202 g/mol. The molecule has 0 saturated carbocycles. The van der Waals surface area contributed by atoms with Crippen LogP contribution in [-0.4, -0.2) is 28.5 Å². The number of likely N-dealkylation sites (N-methyl/N-ethyl adjacent to an activating group) is 1. The number of hydrazone groups is 1. The van der Waals surface area contributed by atoms with E-state index >= 15 is 0 Å². The Morgan fingerprint density at radius 1 is 1.54 bits per heavy atom. The van der Waals surface area contributed by atoms with E-state index in [9.17, 15) is 0 Å². The number of halogens is 1. The third-order valence-electron chi connectivity index (χ3n) is 1.89. The van der Waals surface area contributed by atoms with Gasteiger partial charge in [0.15, 0.2) is 5.84 Å². The Hall–Kier alpha value is -0.900. The van der Waals surface area contributed by atoms with Gasteiger partial charge in [-0.25, -0.2) is 0 Å². The molecule has 74 valence electrons. The van der Waals surface area contributed by atoms with Gasteiger partial charge in [-0.15, -0.1) is 9.74 Å². The molecule has 1 aliphatic heterocycles. The number of allylic oxidation sites excluding steroid dienone is 1. The molecule has 0 amide bonds. The Morgan fingerprint density at radius 2 is 2.15 bits per heavy atom. The maximum atomic E-state index is 5.73. The van der Waals surface area contributed by atoms with E-state index in [0.29, 0.717) is 0 Å². The molecule has 0 unspecified atom stereocenters. The number of hydrazine groups is 1. The van der Waals surface area contributed by atoms with Crippen molar-refractivity contribution in [3.8, 4) is 0 Å². The summed E-state index contributed by atoms with van der Waals surface area (Å²) >= 11 is 5.73. The summed E-state index contributed by atoms with van der Waals surface area (Å²) in [6.45, 7) is 8.01. The van der Waals surface area contributed by atoms with Gasteiger partial charge in [-0.3, -0.25) is 5.43 Å². The van der Waals surface area contributed by atoms with E-state index in [0.717, 1.165) is 24.6 Å². The second kappa shape index (κ2) is 4.37. The van der Waals surface area contributed by atoms with Crippen molar-refractivity contribution in [3.05, 3.63) is 11.8 Å². The van der Waals surface area contributed by atoms with Crippen molar-refractivity contribution in [2.45, 2.75) is 20.8 Å². The van der Waals surface area contributed by atoms with Gasteiger partial charge in [0.05, 0.1) is 11.8 Å². The fourth-order valence-electron chi connectivity index (χ4n) is 1.22. The minimum atomic E-state index is 0.899. The van der Waals surface area contributed by atoms with Crippen molar-refractivity contribution in [3.63, 3.8) is 0 Å².